The number of rotatable bonds is 4. The van der Waals surface area contributed by atoms with Gasteiger partial charge in [-0.1, -0.05) is 19.8 Å². The molecule has 0 aliphatic rings. The summed E-state index contributed by atoms with van der Waals surface area (Å²) in [4.78, 5) is 5.64. The summed E-state index contributed by atoms with van der Waals surface area (Å²) >= 11 is 1.70. The van der Waals surface area contributed by atoms with E-state index in [0.29, 0.717) is 0 Å². The minimum atomic E-state index is 1.12. The lowest BCUT2D eigenvalue weighted by Crippen LogP contribution is -1.84. The molecule has 70 valence electrons. The molecule has 0 fully saturated rings. The van der Waals surface area contributed by atoms with Crippen molar-refractivity contribution < 1.29 is 0 Å². The molecule has 0 spiro atoms. The Hall–Kier alpha value is -0.830. The molecule has 0 aliphatic carbocycles. The molecule has 2 nitrogen and oxygen atoms in total. The highest BCUT2D eigenvalue weighted by atomic mass is 32.1. The van der Waals surface area contributed by atoms with Gasteiger partial charge in [0, 0.05) is 17.8 Å². The lowest BCUT2D eigenvalue weighted by molar-refractivity contribution is 0.710. The topological polar surface area (TPSA) is 17.3 Å². The van der Waals surface area contributed by atoms with Crippen LogP contribution in [0.5, 0.6) is 0 Å². The van der Waals surface area contributed by atoms with Gasteiger partial charge in [-0.25, -0.2) is 4.98 Å². The zero-order chi connectivity index (χ0) is 9.10. The number of unbranched alkanes of at least 4 members (excludes halogenated alkanes) is 2. The van der Waals surface area contributed by atoms with Crippen LogP contribution in [0.25, 0.3) is 4.96 Å². The molecular formula is C10H14N2S. The van der Waals surface area contributed by atoms with Gasteiger partial charge in [-0.2, -0.15) is 0 Å². The van der Waals surface area contributed by atoms with E-state index < -0.39 is 0 Å². The van der Waals surface area contributed by atoms with E-state index in [0.717, 1.165) is 11.4 Å². The van der Waals surface area contributed by atoms with Crippen LogP contribution < -0.4 is 0 Å². The maximum atomic E-state index is 4.53. The highest BCUT2D eigenvalue weighted by Crippen LogP contribution is 2.13. The number of hydrogen-bond donors (Lipinski definition) is 0. The lowest BCUT2D eigenvalue weighted by Gasteiger charge is -1.93. The van der Waals surface area contributed by atoms with E-state index in [1.54, 1.807) is 11.3 Å². The maximum absolute atomic E-state index is 4.53. The molecule has 0 aliphatic heterocycles. The largest absolute Gasteiger partial charge is 0.297 e. The molecule has 2 rings (SSSR count). The average Bonchev–Trinajstić information content (AvgIpc) is 2.64. The van der Waals surface area contributed by atoms with Crippen LogP contribution in [-0.4, -0.2) is 9.38 Å². The number of aromatic nitrogens is 2. The predicted octanol–water partition coefficient (Wildman–Crippen LogP) is 3.13. The predicted molar refractivity (Wildman–Crippen MR) is 56.3 cm³/mol. The first-order valence-corrected chi connectivity index (χ1v) is 5.69. The second-order valence-electron chi connectivity index (χ2n) is 3.28. The molecule has 0 N–H and O–H groups in total. The first-order chi connectivity index (χ1) is 6.40. The lowest BCUT2D eigenvalue weighted by atomic mass is 10.2. The van der Waals surface area contributed by atoms with E-state index in [9.17, 15) is 0 Å². The summed E-state index contributed by atoms with van der Waals surface area (Å²) in [7, 11) is 0. The van der Waals surface area contributed by atoms with Gasteiger partial charge in [-0.15, -0.1) is 11.3 Å². The van der Waals surface area contributed by atoms with Crippen LogP contribution in [0.2, 0.25) is 0 Å². The summed E-state index contributed by atoms with van der Waals surface area (Å²) in [6.07, 6.45) is 9.19. The van der Waals surface area contributed by atoms with E-state index in [1.165, 1.54) is 25.0 Å². The standard InChI is InChI=1S/C10H14N2S/c1-2-3-4-5-9-8-12-6-7-13-10(12)11-9/h6-8H,2-5H2,1H3. The monoisotopic (exact) mass is 194 g/mol. The summed E-state index contributed by atoms with van der Waals surface area (Å²) in [5.74, 6) is 0. The van der Waals surface area contributed by atoms with Crippen LogP contribution >= 0.6 is 11.3 Å². The van der Waals surface area contributed by atoms with Crippen LogP contribution in [0.1, 0.15) is 31.9 Å². The Kier molecular flexibility index (Phi) is 2.64. The van der Waals surface area contributed by atoms with Gasteiger partial charge in [0.2, 0.25) is 0 Å². The van der Waals surface area contributed by atoms with Crippen LogP contribution in [0.3, 0.4) is 0 Å². The van der Waals surface area contributed by atoms with Gasteiger partial charge in [0.1, 0.15) is 0 Å². The first-order valence-electron chi connectivity index (χ1n) is 4.81. The van der Waals surface area contributed by atoms with Crippen molar-refractivity contribution in [2.75, 3.05) is 0 Å². The van der Waals surface area contributed by atoms with Gasteiger partial charge in [0.15, 0.2) is 4.96 Å². The molecule has 2 heterocycles. The van der Waals surface area contributed by atoms with Crippen molar-refractivity contribution in [2.45, 2.75) is 32.6 Å². The molecule has 0 atom stereocenters. The zero-order valence-corrected chi connectivity index (χ0v) is 8.68. The summed E-state index contributed by atoms with van der Waals surface area (Å²) in [6, 6.07) is 0. The Balaban J connectivity index is 2.03. The van der Waals surface area contributed by atoms with Crippen molar-refractivity contribution >= 4 is 16.3 Å². The van der Waals surface area contributed by atoms with Crippen LogP contribution in [0.15, 0.2) is 17.8 Å². The second kappa shape index (κ2) is 3.92. The third-order valence-corrected chi connectivity index (χ3v) is 2.95. The molecule has 2 aromatic heterocycles. The number of fused-ring (bicyclic) bond motifs is 1. The minimum absolute atomic E-state index is 1.12. The molecule has 0 bridgehead atoms. The van der Waals surface area contributed by atoms with E-state index in [-0.39, 0.29) is 0 Å². The minimum Gasteiger partial charge on any atom is -0.297 e. The van der Waals surface area contributed by atoms with Crippen molar-refractivity contribution in [3.63, 3.8) is 0 Å². The van der Waals surface area contributed by atoms with E-state index in [1.807, 2.05) is 0 Å². The van der Waals surface area contributed by atoms with Gasteiger partial charge in [0.05, 0.1) is 5.69 Å². The van der Waals surface area contributed by atoms with Crippen molar-refractivity contribution in [1.29, 1.82) is 0 Å². The zero-order valence-electron chi connectivity index (χ0n) is 7.86. The second-order valence-corrected chi connectivity index (χ2v) is 4.16. The quantitative estimate of drug-likeness (QED) is 0.683. The number of thiazole rings is 1. The Bertz CT molecular complexity index is 346. The maximum Gasteiger partial charge on any atom is 0.193 e. The van der Waals surface area contributed by atoms with Crippen molar-refractivity contribution in [3.05, 3.63) is 23.5 Å². The van der Waals surface area contributed by atoms with Crippen LogP contribution in [-0.2, 0) is 6.42 Å². The molecule has 13 heavy (non-hydrogen) atoms. The summed E-state index contributed by atoms with van der Waals surface area (Å²) in [5.41, 5.74) is 1.24. The van der Waals surface area contributed by atoms with Crippen LogP contribution in [0, 0.1) is 0 Å². The van der Waals surface area contributed by atoms with Crippen molar-refractivity contribution in [1.82, 2.24) is 9.38 Å². The summed E-state index contributed by atoms with van der Waals surface area (Å²) in [6.45, 7) is 2.23. The van der Waals surface area contributed by atoms with Gasteiger partial charge >= 0.3 is 0 Å². The molecule has 0 saturated carbocycles. The average molecular weight is 194 g/mol. The SMILES string of the molecule is CCCCCc1cn2ccsc2n1. The molecule has 0 aromatic carbocycles. The Morgan fingerprint density at radius 2 is 2.38 bits per heavy atom. The van der Waals surface area contributed by atoms with E-state index in [2.05, 4.69) is 34.1 Å². The summed E-state index contributed by atoms with van der Waals surface area (Å²) < 4.78 is 2.10. The van der Waals surface area contributed by atoms with Gasteiger partial charge < -0.3 is 0 Å². The molecule has 0 amide bonds. The molecule has 2 aromatic rings. The highest BCUT2D eigenvalue weighted by molar-refractivity contribution is 7.15. The normalized spacial score (nSPS) is 11.2. The van der Waals surface area contributed by atoms with Crippen LogP contribution in [0.4, 0.5) is 0 Å². The number of nitrogens with zero attached hydrogens (tertiary/aromatic N) is 2. The Labute approximate surface area is 82.2 Å². The van der Waals surface area contributed by atoms with Crippen molar-refractivity contribution in [3.8, 4) is 0 Å². The first kappa shape index (κ1) is 8.75. The smallest absolute Gasteiger partial charge is 0.193 e. The Morgan fingerprint density at radius 3 is 3.15 bits per heavy atom. The number of imidazole rings is 1. The summed E-state index contributed by atoms with van der Waals surface area (Å²) in [5, 5.41) is 2.07. The molecular weight excluding hydrogens is 180 g/mol. The van der Waals surface area contributed by atoms with E-state index >= 15 is 0 Å². The fourth-order valence-corrected chi connectivity index (χ4v) is 2.17. The fourth-order valence-electron chi connectivity index (χ4n) is 1.45. The number of hydrogen-bond acceptors (Lipinski definition) is 2. The number of aryl methyl sites for hydroxylation is 1. The fraction of sp³-hybridized carbons (Fsp3) is 0.500. The van der Waals surface area contributed by atoms with Gasteiger partial charge in [0.25, 0.3) is 0 Å². The van der Waals surface area contributed by atoms with E-state index in [4.69, 9.17) is 0 Å². The van der Waals surface area contributed by atoms with Gasteiger partial charge in [-0.05, 0) is 12.8 Å². The molecule has 3 heteroatoms. The molecule has 0 unspecified atom stereocenters. The third kappa shape index (κ3) is 1.91. The highest BCUT2D eigenvalue weighted by Gasteiger charge is 2.00. The third-order valence-electron chi connectivity index (χ3n) is 2.18. The van der Waals surface area contributed by atoms with Crippen molar-refractivity contribution in [2.24, 2.45) is 0 Å². The molecule has 0 radical (unpaired) electrons. The Morgan fingerprint density at radius 1 is 1.46 bits per heavy atom. The molecule has 0 saturated heterocycles. The van der Waals surface area contributed by atoms with Gasteiger partial charge in [-0.3, -0.25) is 4.40 Å².